The van der Waals surface area contributed by atoms with Crippen molar-refractivity contribution >= 4 is 17.8 Å². The van der Waals surface area contributed by atoms with Crippen molar-refractivity contribution < 1.29 is 9.90 Å². The number of aliphatic hydroxyl groups is 1. The Morgan fingerprint density at radius 1 is 1.24 bits per heavy atom. The van der Waals surface area contributed by atoms with Crippen molar-refractivity contribution in [2.75, 3.05) is 12.3 Å². The molecule has 0 unspecified atom stereocenters. The number of aromatic nitrogens is 2. The molecule has 0 amide bonds. The van der Waals surface area contributed by atoms with Crippen molar-refractivity contribution in [3.8, 4) is 11.1 Å². The fraction of sp³-hybridized carbons (Fsp3) is 0.125. The Kier molecular flexibility index (Phi) is 3.41. The van der Waals surface area contributed by atoms with Gasteiger partial charge in [0.2, 0.25) is 0 Å². The summed E-state index contributed by atoms with van der Waals surface area (Å²) < 4.78 is 1.69. The largest absolute Gasteiger partial charge is 0.396 e. The minimum Gasteiger partial charge on any atom is -0.396 e. The molecule has 0 bridgehead atoms. The van der Waals surface area contributed by atoms with E-state index in [2.05, 4.69) is 4.98 Å². The van der Waals surface area contributed by atoms with Crippen LogP contribution in [0.4, 0.5) is 5.82 Å². The number of benzene rings is 1. The lowest BCUT2D eigenvalue weighted by molar-refractivity contribution is 0.111. The molecule has 2 heterocycles. The molecule has 5 nitrogen and oxygen atoms in total. The maximum atomic E-state index is 11.1. The average molecular weight is 281 g/mol. The molecule has 1 aromatic carbocycles. The van der Waals surface area contributed by atoms with Crippen molar-refractivity contribution in [1.29, 1.82) is 0 Å². The van der Waals surface area contributed by atoms with Gasteiger partial charge in [0.15, 0.2) is 12.1 Å². The number of carbonyl (C=O) groups is 1. The lowest BCUT2D eigenvalue weighted by atomic mass is 9.99. The van der Waals surface area contributed by atoms with Gasteiger partial charge < -0.3 is 10.8 Å². The van der Waals surface area contributed by atoms with E-state index in [0.29, 0.717) is 24.0 Å². The van der Waals surface area contributed by atoms with E-state index in [1.165, 1.54) is 0 Å². The predicted molar refractivity (Wildman–Crippen MR) is 81.2 cm³/mol. The highest BCUT2D eigenvalue weighted by Crippen LogP contribution is 2.25. The summed E-state index contributed by atoms with van der Waals surface area (Å²) in [5, 5.41) is 9.17. The average Bonchev–Trinajstić information content (AvgIpc) is 2.82. The number of carbonyl (C=O) groups excluding carboxylic acids is 1. The summed E-state index contributed by atoms with van der Waals surface area (Å²) in [5.41, 5.74) is 9.76. The van der Waals surface area contributed by atoms with Crippen LogP contribution in [0.2, 0.25) is 0 Å². The maximum absolute atomic E-state index is 11.1. The van der Waals surface area contributed by atoms with Crippen LogP contribution in [0.1, 0.15) is 16.1 Å². The number of hydrogen-bond acceptors (Lipinski definition) is 4. The number of imidazole rings is 1. The molecule has 3 rings (SSSR count). The SMILES string of the molecule is Nc1nc2ccc(-c3ccccc3CCO)cn2c1C=O. The van der Waals surface area contributed by atoms with Gasteiger partial charge in [0.1, 0.15) is 11.3 Å². The Bertz CT molecular complexity index is 808. The molecular formula is C16H15N3O2. The van der Waals surface area contributed by atoms with Crippen molar-refractivity contribution in [2.45, 2.75) is 6.42 Å². The molecule has 0 spiro atoms. The Balaban J connectivity index is 2.19. The van der Waals surface area contributed by atoms with Gasteiger partial charge in [-0.1, -0.05) is 24.3 Å². The van der Waals surface area contributed by atoms with Gasteiger partial charge in [0.25, 0.3) is 0 Å². The van der Waals surface area contributed by atoms with Crippen molar-refractivity contribution in [3.63, 3.8) is 0 Å². The van der Waals surface area contributed by atoms with Crippen LogP contribution in [0.3, 0.4) is 0 Å². The molecule has 106 valence electrons. The smallest absolute Gasteiger partial charge is 0.170 e. The summed E-state index contributed by atoms with van der Waals surface area (Å²) >= 11 is 0. The van der Waals surface area contributed by atoms with Crippen LogP contribution < -0.4 is 5.73 Å². The van der Waals surface area contributed by atoms with Gasteiger partial charge in [-0.3, -0.25) is 9.20 Å². The van der Waals surface area contributed by atoms with E-state index < -0.39 is 0 Å². The zero-order valence-corrected chi connectivity index (χ0v) is 11.4. The van der Waals surface area contributed by atoms with Crippen LogP contribution in [0.5, 0.6) is 0 Å². The lowest BCUT2D eigenvalue weighted by Crippen LogP contribution is -1.97. The molecule has 2 aromatic heterocycles. The summed E-state index contributed by atoms with van der Waals surface area (Å²) in [7, 11) is 0. The summed E-state index contributed by atoms with van der Waals surface area (Å²) in [6.07, 6.45) is 3.14. The first-order valence-corrected chi connectivity index (χ1v) is 6.66. The topological polar surface area (TPSA) is 80.6 Å². The van der Waals surface area contributed by atoms with Gasteiger partial charge in [0, 0.05) is 12.8 Å². The second-order valence-corrected chi connectivity index (χ2v) is 4.78. The number of anilines is 1. The number of rotatable bonds is 4. The van der Waals surface area contributed by atoms with E-state index in [4.69, 9.17) is 5.73 Å². The minimum atomic E-state index is 0.0941. The molecule has 0 atom stereocenters. The van der Waals surface area contributed by atoms with Gasteiger partial charge in [-0.15, -0.1) is 0 Å². The van der Waals surface area contributed by atoms with Crippen molar-refractivity contribution in [1.82, 2.24) is 9.38 Å². The second kappa shape index (κ2) is 5.38. The fourth-order valence-electron chi connectivity index (χ4n) is 2.50. The summed E-state index contributed by atoms with van der Waals surface area (Å²) in [5.74, 6) is 0.228. The van der Waals surface area contributed by atoms with Crippen LogP contribution in [0.15, 0.2) is 42.6 Å². The van der Waals surface area contributed by atoms with Crippen LogP contribution in [0, 0.1) is 0 Å². The maximum Gasteiger partial charge on any atom is 0.170 e. The molecule has 0 saturated heterocycles. The number of nitrogens with two attached hydrogens (primary N) is 1. The first-order valence-electron chi connectivity index (χ1n) is 6.66. The number of nitrogens with zero attached hydrogens (tertiary/aromatic N) is 2. The van der Waals surface area contributed by atoms with Crippen LogP contribution >= 0.6 is 0 Å². The Labute approximate surface area is 121 Å². The van der Waals surface area contributed by atoms with Crippen LogP contribution in [-0.4, -0.2) is 27.4 Å². The van der Waals surface area contributed by atoms with Crippen molar-refractivity contribution in [2.24, 2.45) is 0 Å². The van der Waals surface area contributed by atoms with Gasteiger partial charge in [0.05, 0.1) is 0 Å². The Hall–Kier alpha value is -2.66. The molecule has 0 radical (unpaired) electrons. The quantitative estimate of drug-likeness (QED) is 0.716. The predicted octanol–water partition coefficient (Wildman–Crippen LogP) is 1.93. The van der Waals surface area contributed by atoms with Gasteiger partial charge >= 0.3 is 0 Å². The highest BCUT2D eigenvalue weighted by molar-refractivity contribution is 5.82. The second-order valence-electron chi connectivity index (χ2n) is 4.78. The van der Waals surface area contributed by atoms with E-state index in [1.54, 1.807) is 4.40 Å². The Morgan fingerprint density at radius 3 is 2.81 bits per heavy atom. The number of aldehydes is 1. The summed E-state index contributed by atoms with van der Waals surface area (Å²) in [6.45, 7) is 0.0941. The van der Waals surface area contributed by atoms with Crippen LogP contribution in [-0.2, 0) is 6.42 Å². The molecule has 0 aliphatic heterocycles. The molecule has 21 heavy (non-hydrogen) atoms. The normalized spacial score (nSPS) is 10.9. The molecule has 0 saturated carbocycles. The third-order valence-electron chi connectivity index (χ3n) is 3.51. The van der Waals surface area contributed by atoms with E-state index >= 15 is 0 Å². The molecule has 0 aliphatic carbocycles. The molecule has 3 aromatic rings. The van der Waals surface area contributed by atoms with E-state index in [9.17, 15) is 9.90 Å². The number of fused-ring (bicyclic) bond motifs is 1. The van der Waals surface area contributed by atoms with E-state index in [1.807, 2.05) is 42.6 Å². The van der Waals surface area contributed by atoms with E-state index in [-0.39, 0.29) is 12.4 Å². The van der Waals surface area contributed by atoms with E-state index in [0.717, 1.165) is 16.7 Å². The fourth-order valence-corrected chi connectivity index (χ4v) is 2.50. The first-order chi connectivity index (χ1) is 10.2. The molecule has 3 N–H and O–H groups in total. The highest BCUT2D eigenvalue weighted by atomic mass is 16.2. The van der Waals surface area contributed by atoms with Crippen molar-refractivity contribution in [3.05, 3.63) is 53.9 Å². The summed E-state index contributed by atoms with van der Waals surface area (Å²) in [6, 6.07) is 11.6. The van der Waals surface area contributed by atoms with Crippen LogP contribution in [0.25, 0.3) is 16.8 Å². The third kappa shape index (κ3) is 2.28. The molecule has 0 fully saturated rings. The molecule has 0 aliphatic rings. The summed E-state index contributed by atoms with van der Waals surface area (Å²) in [4.78, 5) is 15.3. The molecule has 5 heteroatoms. The zero-order valence-electron chi connectivity index (χ0n) is 11.4. The number of nitrogen functional groups attached to an aromatic ring is 1. The van der Waals surface area contributed by atoms with Gasteiger partial charge in [-0.05, 0) is 35.2 Å². The number of hydrogen-bond donors (Lipinski definition) is 2. The third-order valence-corrected chi connectivity index (χ3v) is 3.51. The first kappa shape index (κ1) is 13.3. The monoisotopic (exact) mass is 281 g/mol. The zero-order chi connectivity index (χ0) is 14.8. The lowest BCUT2D eigenvalue weighted by Gasteiger charge is -2.09. The Morgan fingerprint density at radius 2 is 2.05 bits per heavy atom. The highest BCUT2D eigenvalue weighted by Gasteiger charge is 2.11. The van der Waals surface area contributed by atoms with Gasteiger partial charge in [-0.25, -0.2) is 4.98 Å². The standard InChI is InChI=1S/C16H15N3O2/c17-16-14(10-21)19-9-12(5-6-15(19)18-16)13-4-2-1-3-11(13)7-8-20/h1-6,9-10,20H,7-8,17H2. The number of aliphatic hydroxyl groups excluding tert-OH is 1. The number of pyridine rings is 1. The minimum absolute atomic E-state index is 0.0941. The van der Waals surface area contributed by atoms with Gasteiger partial charge in [-0.2, -0.15) is 0 Å². The molecular weight excluding hydrogens is 266 g/mol.